The van der Waals surface area contributed by atoms with Gasteiger partial charge in [-0.1, -0.05) is 18.2 Å². The van der Waals surface area contributed by atoms with Gasteiger partial charge < -0.3 is 24.6 Å². The second kappa shape index (κ2) is 9.23. The quantitative estimate of drug-likeness (QED) is 0.602. The van der Waals surface area contributed by atoms with Crippen molar-refractivity contribution in [2.75, 3.05) is 44.4 Å². The van der Waals surface area contributed by atoms with Crippen LogP contribution in [0.3, 0.4) is 0 Å². The molecule has 0 atom stereocenters. The highest BCUT2D eigenvalue weighted by molar-refractivity contribution is 5.93. The fraction of sp³-hybridized carbons (Fsp3) is 0.292. The number of ether oxygens (including phenoxy) is 2. The van der Waals surface area contributed by atoms with Gasteiger partial charge in [0.2, 0.25) is 12.7 Å². The van der Waals surface area contributed by atoms with E-state index in [4.69, 9.17) is 9.47 Å². The molecule has 2 aromatic carbocycles. The highest BCUT2D eigenvalue weighted by Crippen LogP contribution is 2.35. The van der Waals surface area contributed by atoms with Crippen LogP contribution in [0.4, 0.5) is 5.69 Å². The standard InChI is InChI=1S/C24H25N5O4/c30-23(29-12-10-28(11-13-29)18-4-2-1-3-5-18)8-9-25-24(31)20-15-19(26-27-20)17-6-7-21-22(14-17)33-16-32-21/h1-7,14-15H,8-13,16H2,(H,25,31)(H,26,27). The van der Waals surface area contributed by atoms with E-state index in [1.807, 2.05) is 41.3 Å². The average molecular weight is 447 g/mol. The van der Waals surface area contributed by atoms with E-state index < -0.39 is 0 Å². The number of nitrogens with one attached hydrogen (secondary N) is 2. The Morgan fingerprint density at radius 1 is 0.970 bits per heavy atom. The van der Waals surface area contributed by atoms with Crippen molar-refractivity contribution in [2.45, 2.75) is 6.42 Å². The van der Waals surface area contributed by atoms with Gasteiger partial charge in [0.15, 0.2) is 11.5 Å². The summed E-state index contributed by atoms with van der Waals surface area (Å²) in [5, 5.41) is 9.78. The molecule has 33 heavy (non-hydrogen) atoms. The topological polar surface area (TPSA) is 99.8 Å². The van der Waals surface area contributed by atoms with E-state index in [-0.39, 0.29) is 31.6 Å². The molecule has 1 aromatic heterocycles. The third-order valence-electron chi connectivity index (χ3n) is 5.87. The highest BCUT2D eigenvalue weighted by atomic mass is 16.7. The van der Waals surface area contributed by atoms with Crippen LogP contribution in [-0.4, -0.2) is 66.4 Å². The first-order valence-electron chi connectivity index (χ1n) is 11.0. The van der Waals surface area contributed by atoms with Crippen molar-refractivity contribution in [3.05, 3.63) is 60.3 Å². The molecule has 0 saturated carbocycles. The predicted molar refractivity (Wildman–Crippen MR) is 122 cm³/mol. The van der Waals surface area contributed by atoms with Gasteiger partial charge in [0.05, 0.1) is 5.69 Å². The Morgan fingerprint density at radius 3 is 2.58 bits per heavy atom. The van der Waals surface area contributed by atoms with Gasteiger partial charge in [-0.2, -0.15) is 5.10 Å². The summed E-state index contributed by atoms with van der Waals surface area (Å²) in [6.45, 7) is 3.45. The number of hydrogen-bond acceptors (Lipinski definition) is 6. The lowest BCUT2D eigenvalue weighted by molar-refractivity contribution is -0.131. The largest absolute Gasteiger partial charge is 0.454 e. The smallest absolute Gasteiger partial charge is 0.269 e. The lowest BCUT2D eigenvalue weighted by Crippen LogP contribution is -2.49. The molecule has 2 N–H and O–H groups in total. The van der Waals surface area contributed by atoms with Gasteiger partial charge in [0, 0.05) is 50.4 Å². The number of nitrogens with zero attached hydrogens (tertiary/aromatic N) is 3. The van der Waals surface area contributed by atoms with Crippen molar-refractivity contribution >= 4 is 17.5 Å². The lowest BCUT2D eigenvalue weighted by Gasteiger charge is -2.36. The van der Waals surface area contributed by atoms with Gasteiger partial charge in [-0.25, -0.2) is 0 Å². The fourth-order valence-corrected chi connectivity index (χ4v) is 4.03. The van der Waals surface area contributed by atoms with Crippen molar-refractivity contribution in [3.63, 3.8) is 0 Å². The Balaban J connectivity index is 1.09. The van der Waals surface area contributed by atoms with E-state index in [1.54, 1.807) is 6.07 Å². The van der Waals surface area contributed by atoms with Crippen molar-refractivity contribution in [3.8, 4) is 22.8 Å². The number of aromatic nitrogens is 2. The van der Waals surface area contributed by atoms with E-state index >= 15 is 0 Å². The molecule has 2 aliphatic heterocycles. The summed E-state index contributed by atoms with van der Waals surface area (Å²) < 4.78 is 10.7. The van der Waals surface area contributed by atoms with Crippen molar-refractivity contribution in [1.29, 1.82) is 0 Å². The molecule has 3 aromatic rings. The van der Waals surface area contributed by atoms with Crippen LogP contribution in [-0.2, 0) is 4.79 Å². The van der Waals surface area contributed by atoms with E-state index in [2.05, 4.69) is 32.5 Å². The zero-order valence-corrected chi connectivity index (χ0v) is 18.1. The molecule has 9 heteroatoms. The van der Waals surface area contributed by atoms with Crippen LogP contribution in [0.15, 0.2) is 54.6 Å². The number of hydrogen-bond donors (Lipinski definition) is 2. The van der Waals surface area contributed by atoms with Crippen LogP contribution < -0.4 is 19.7 Å². The Labute approximate surface area is 191 Å². The number of carbonyl (C=O) groups excluding carboxylic acids is 2. The number of carbonyl (C=O) groups is 2. The maximum atomic E-state index is 12.6. The van der Waals surface area contributed by atoms with Gasteiger partial charge in [0.1, 0.15) is 5.69 Å². The number of amides is 2. The molecule has 2 amide bonds. The second-order valence-corrected chi connectivity index (χ2v) is 7.94. The summed E-state index contributed by atoms with van der Waals surface area (Å²) in [6, 6.07) is 17.4. The zero-order chi connectivity index (χ0) is 22.6. The van der Waals surface area contributed by atoms with Crippen LogP contribution in [0.2, 0.25) is 0 Å². The summed E-state index contributed by atoms with van der Waals surface area (Å²) in [4.78, 5) is 29.2. The van der Waals surface area contributed by atoms with Crippen molar-refractivity contribution < 1.29 is 19.1 Å². The van der Waals surface area contributed by atoms with Crippen LogP contribution >= 0.6 is 0 Å². The Kier molecular flexibility index (Phi) is 5.84. The molecule has 3 heterocycles. The first-order valence-corrected chi connectivity index (χ1v) is 11.0. The number of fused-ring (bicyclic) bond motifs is 1. The molecule has 1 fully saturated rings. The Hall–Kier alpha value is -4.01. The number of rotatable bonds is 6. The van der Waals surface area contributed by atoms with Crippen LogP contribution in [0.5, 0.6) is 11.5 Å². The number of H-pyrrole nitrogens is 1. The van der Waals surface area contributed by atoms with Gasteiger partial charge in [-0.3, -0.25) is 14.7 Å². The Morgan fingerprint density at radius 2 is 1.76 bits per heavy atom. The predicted octanol–water partition coefficient (Wildman–Crippen LogP) is 2.27. The van der Waals surface area contributed by atoms with Crippen LogP contribution in [0, 0.1) is 0 Å². The Bertz CT molecular complexity index is 1140. The molecule has 0 spiro atoms. The summed E-state index contributed by atoms with van der Waals surface area (Å²) in [5.74, 6) is 1.10. The monoisotopic (exact) mass is 447 g/mol. The molecule has 9 nitrogen and oxygen atoms in total. The number of benzene rings is 2. The fourth-order valence-electron chi connectivity index (χ4n) is 4.03. The van der Waals surface area contributed by atoms with Crippen molar-refractivity contribution in [2.24, 2.45) is 0 Å². The third kappa shape index (κ3) is 4.62. The molecular weight excluding hydrogens is 422 g/mol. The molecule has 5 rings (SSSR count). The lowest BCUT2D eigenvalue weighted by atomic mass is 10.1. The maximum absolute atomic E-state index is 12.6. The summed E-state index contributed by atoms with van der Waals surface area (Å²) in [5.41, 5.74) is 2.97. The molecule has 0 aliphatic carbocycles. The highest BCUT2D eigenvalue weighted by Gasteiger charge is 2.21. The number of anilines is 1. The normalized spacial score (nSPS) is 14.9. The number of piperazine rings is 1. The minimum Gasteiger partial charge on any atom is -0.454 e. The van der Waals surface area contributed by atoms with E-state index in [0.29, 0.717) is 36.0 Å². The molecule has 0 unspecified atom stereocenters. The van der Waals surface area contributed by atoms with E-state index in [0.717, 1.165) is 18.7 Å². The van der Waals surface area contributed by atoms with Crippen LogP contribution in [0.1, 0.15) is 16.9 Å². The van der Waals surface area contributed by atoms with E-state index in [1.165, 1.54) is 5.69 Å². The number of aromatic amines is 1. The summed E-state index contributed by atoms with van der Waals surface area (Å²) in [7, 11) is 0. The molecule has 0 bridgehead atoms. The number of para-hydroxylation sites is 1. The molecule has 1 saturated heterocycles. The molecule has 0 radical (unpaired) electrons. The molecule has 2 aliphatic rings. The minimum atomic E-state index is -0.295. The second-order valence-electron chi connectivity index (χ2n) is 7.94. The van der Waals surface area contributed by atoms with E-state index in [9.17, 15) is 9.59 Å². The first kappa shape index (κ1) is 20.9. The average Bonchev–Trinajstić information content (AvgIpc) is 3.54. The van der Waals surface area contributed by atoms with Crippen LogP contribution in [0.25, 0.3) is 11.3 Å². The van der Waals surface area contributed by atoms with Gasteiger partial charge >= 0.3 is 0 Å². The maximum Gasteiger partial charge on any atom is 0.269 e. The third-order valence-corrected chi connectivity index (χ3v) is 5.87. The molecular formula is C24H25N5O4. The van der Waals surface area contributed by atoms with Gasteiger partial charge in [-0.15, -0.1) is 0 Å². The molecule has 170 valence electrons. The van der Waals surface area contributed by atoms with Gasteiger partial charge in [-0.05, 0) is 36.4 Å². The summed E-state index contributed by atoms with van der Waals surface area (Å²) in [6.07, 6.45) is 0.264. The first-order chi connectivity index (χ1) is 16.2. The minimum absolute atomic E-state index is 0.0497. The van der Waals surface area contributed by atoms with Crippen molar-refractivity contribution in [1.82, 2.24) is 20.4 Å². The summed E-state index contributed by atoms with van der Waals surface area (Å²) >= 11 is 0. The zero-order valence-electron chi connectivity index (χ0n) is 18.1. The SMILES string of the molecule is O=C(NCCC(=O)N1CCN(c2ccccc2)CC1)c1cc(-c2ccc3c(c2)OCO3)n[nH]1. The van der Waals surface area contributed by atoms with Gasteiger partial charge in [0.25, 0.3) is 5.91 Å².